The standard InChI is InChI=1S/C22H18ClN5O/c1-13-21(14-2-3-14)27-20-9-6-17(12-28(13)20)26-22(29)19-7-4-15(10-24-19)18-8-5-16(23)11-25-18/h4-12,14H,2-3H2,1H3,(H,26,29). The van der Waals surface area contributed by atoms with Crippen molar-refractivity contribution in [2.75, 3.05) is 5.32 Å². The summed E-state index contributed by atoms with van der Waals surface area (Å²) >= 11 is 5.87. The zero-order chi connectivity index (χ0) is 20.0. The van der Waals surface area contributed by atoms with Gasteiger partial charge in [0.2, 0.25) is 0 Å². The number of carbonyl (C=O) groups is 1. The minimum absolute atomic E-state index is 0.264. The van der Waals surface area contributed by atoms with Crippen LogP contribution < -0.4 is 5.32 Å². The number of halogens is 1. The molecule has 4 aromatic heterocycles. The number of aryl methyl sites for hydroxylation is 1. The predicted octanol–water partition coefficient (Wildman–Crippen LogP) is 4.88. The number of nitrogens with one attached hydrogen (secondary N) is 1. The van der Waals surface area contributed by atoms with Crippen molar-refractivity contribution in [3.8, 4) is 11.3 Å². The molecule has 0 unspecified atom stereocenters. The van der Waals surface area contributed by atoms with Crippen LogP contribution in [0.3, 0.4) is 0 Å². The number of aromatic nitrogens is 4. The Kier molecular flexibility index (Phi) is 4.28. The van der Waals surface area contributed by atoms with Crippen molar-refractivity contribution in [3.63, 3.8) is 0 Å². The fourth-order valence-corrected chi connectivity index (χ4v) is 3.53. The maximum Gasteiger partial charge on any atom is 0.274 e. The summed E-state index contributed by atoms with van der Waals surface area (Å²) in [6, 6.07) is 10.9. The van der Waals surface area contributed by atoms with E-state index in [2.05, 4.69) is 22.2 Å². The zero-order valence-electron chi connectivity index (χ0n) is 15.8. The second-order valence-electron chi connectivity index (χ2n) is 7.25. The number of pyridine rings is 3. The van der Waals surface area contributed by atoms with Crippen LogP contribution in [-0.4, -0.2) is 25.3 Å². The number of hydrogen-bond donors (Lipinski definition) is 1. The SMILES string of the molecule is Cc1c(C2CC2)nc2ccc(NC(=O)c3ccc(-c4ccc(Cl)cn4)cn3)cn12. The molecule has 0 atom stereocenters. The quantitative estimate of drug-likeness (QED) is 0.527. The second-order valence-corrected chi connectivity index (χ2v) is 7.69. The summed E-state index contributed by atoms with van der Waals surface area (Å²) in [7, 11) is 0. The summed E-state index contributed by atoms with van der Waals surface area (Å²) in [4.78, 5) is 25.9. The van der Waals surface area contributed by atoms with E-state index in [0.29, 0.717) is 22.3 Å². The molecule has 0 radical (unpaired) electrons. The van der Waals surface area contributed by atoms with Gasteiger partial charge in [0.25, 0.3) is 5.91 Å². The number of carbonyl (C=O) groups excluding carboxylic acids is 1. The third-order valence-electron chi connectivity index (χ3n) is 5.14. The summed E-state index contributed by atoms with van der Waals surface area (Å²) in [6.07, 6.45) is 7.55. The second kappa shape index (κ2) is 6.97. The van der Waals surface area contributed by atoms with Gasteiger partial charge in [-0.3, -0.25) is 14.8 Å². The number of fused-ring (bicyclic) bond motifs is 1. The van der Waals surface area contributed by atoms with Crippen LogP contribution >= 0.6 is 11.6 Å². The van der Waals surface area contributed by atoms with Crippen LogP contribution in [0.2, 0.25) is 5.02 Å². The number of nitrogens with zero attached hydrogens (tertiary/aromatic N) is 4. The van der Waals surface area contributed by atoms with Gasteiger partial charge in [0, 0.05) is 35.8 Å². The number of rotatable bonds is 4. The van der Waals surface area contributed by atoms with E-state index in [9.17, 15) is 4.79 Å². The molecule has 0 saturated heterocycles. The van der Waals surface area contributed by atoms with E-state index in [0.717, 1.165) is 22.6 Å². The first-order valence-corrected chi connectivity index (χ1v) is 9.84. The van der Waals surface area contributed by atoms with E-state index in [1.54, 1.807) is 24.5 Å². The number of amides is 1. The summed E-state index contributed by atoms with van der Waals surface area (Å²) in [5.74, 6) is 0.325. The van der Waals surface area contributed by atoms with Gasteiger partial charge in [-0.2, -0.15) is 0 Å². The highest BCUT2D eigenvalue weighted by Crippen LogP contribution is 2.41. The Morgan fingerprint density at radius 1 is 1.10 bits per heavy atom. The van der Waals surface area contributed by atoms with Crippen LogP contribution in [0.1, 0.15) is 40.6 Å². The molecule has 4 aromatic rings. The molecule has 1 fully saturated rings. The van der Waals surface area contributed by atoms with Gasteiger partial charge in [0.05, 0.1) is 22.1 Å². The zero-order valence-corrected chi connectivity index (χ0v) is 16.5. The van der Waals surface area contributed by atoms with E-state index in [-0.39, 0.29) is 5.91 Å². The molecular weight excluding hydrogens is 386 g/mol. The van der Waals surface area contributed by atoms with Crippen molar-refractivity contribution in [2.24, 2.45) is 0 Å². The molecule has 0 aliphatic heterocycles. The van der Waals surface area contributed by atoms with Crippen LogP contribution in [0.25, 0.3) is 16.9 Å². The smallest absolute Gasteiger partial charge is 0.274 e. The molecule has 6 nitrogen and oxygen atoms in total. The van der Waals surface area contributed by atoms with Gasteiger partial charge in [-0.1, -0.05) is 11.6 Å². The fraction of sp³-hybridized carbons (Fsp3) is 0.182. The number of hydrogen-bond acceptors (Lipinski definition) is 4. The summed E-state index contributed by atoms with van der Waals surface area (Å²) < 4.78 is 2.03. The lowest BCUT2D eigenvalue weighted by Gasteiger charge is -2.07. The van der Waals surface area contributed by atoms with Gasteiger partial charge < -0.3 is 9.72 Å². The minimum atomic E-state index is -0.264. The third kappa shape index (κ3) is 3.47. The van der Waals surface area contributed by atoms with Gasteiger partial charge in [-0.05, 0) is 56.2 Å². The summed E-state index contributed by atoms with van der Waals surface area (Å²) in [5.41, 5.74) is 5.82. The molecule has 1 N–H and O–H groups in total. The average Bonchev–Trinajstić information content (AvgIpc) is 3.53. The molecule has 4 heterocycles. The molecule has 1 amide bonds. The summed E-state index contributed by atoms with van der Waals surface area (Å²) in [6.45, 7) is 2.07. The molecule has 1 aliphatic carbocycles. The first-order chi connectivity index (χ1) is 14.1. The van der Waals surface area contributed by atoms with Crippen LogP contribution in [0.4, 0.5) is 5.69 Å². The third-order valence-corrected chi connectivity index (χ3v) is 5.36. The van der Waals surface area contributed by atoms with Crippen LogP contribution in [-0.2, 0) is 0 Å². The Balaban J connectivity index is 1.35. The number of imidazole rings is 1. The highest BCUT2D eigenvalue weighted by Gasteiger charge is 2.28. The highest BCUT2D eigenvalue weighted by molar-refractivity contribution is 6.30. The van der Waals surface area contributed by atoms with Crippen molar-refractivity contribution in [2.45, 2.75) is 25.7 Å². The van der Waals surface area contributed by atoms with Gasteiger partial charge in [0.1, 0.15) is 11.3 Å². The van der Waals surface area contributed by atoms with E-state index in [1.807, 2.05) is 34.9 Å². The normalized spacial score (nSPS) is 13.6. The first-order valence-electron chi connectivity index (χ1n) is 9.46. The van der Waals surface area contributed by atoms with Crippen LogP contribution in [0.5, 0.6) is 0 Å². The van der Waals surface area contributed by atoms with E-state index in [1.165, 1.54) is 18.5 Å². The maximum atomic E-state index is 12.6. The Bertz CT molecular complexity index is 1210. The van der Waals surface area contributed by atoms with Crippen molar-refractivity contribution in [3.05, 3.63) is 77.1 Å². The Morgan fingerprint density at radius 2 is 1.97 bits per heavy atom. The van der Waals surface area contributed by atoms with E-state index < -0.39 is 0 Å². The lowest BCUT2D eigenvalue weighted by molar-refractivity contribution is 0.102. The van der Waals surface area contributed by atoms with Crippen molar-refractivity contribution < 1.29 is 4.79 Å². The van der Waals surface area contributed by atoms with Crippen molar-refractivity contribution >= 4 is 28.8 Å². The molecule has 0 aromatic carbocycles. The molecular formula is C22H18ClN5O. The molecule has 0 bridgehead atoms. The topological polar surface area (TPSA) is 72.2 Å². The Hall–Kier alpha value is -3.25. The predicted molar refractivity (Wildman–Crippen MR) is 112 cm³/mol. The molecule has 1 aliphatic rings. The lowest BCUT2D eigenvalue weighted by atomic mass is 10.2. The van der Waals surface area contributed by atoms with Gasteiger partial charge in [-0.15, -0.1) is 0 Å². The summed E-state index contributed by atoms with van der Waals surface area (Å²) in [5, 5.41) is 3.49. The molecule has 0 spiro atoms. The lowest BCUT2D eigenvalue weighted by Crippen LogP contribution is -2.14. The molecule has 144 valence electrons. The first kappa shape index (κ1) is 17.8. The molecule has 7 heteroatoms. The fourth-order valence-electron chi connectivity index (χ4n) is 3.42. The van der Waals surface area contributed by atoms with Gasteiger partial charge in [-0.25, -0.2) is 4.98 Å². The van der Waals surface area contributed by atoms with Crippen LogP contribution in [0, 0.1) is 6.92 Å². The molecule has 1 saturated carbocycles. The maximum absolute atomic E-state index is 12.6. The van der Waals surface area contributed by atoms with Crippen molar-refractivity contribution in [1.82, 2.24) is 19.4 Å². The highest BCUT2D eigenvalue weighted by atomic mass is 35.5. The Labute approximate surface area is 172 Å². The average molecular weight is 404 g/mol. The van der Waals surface area contributed by atoms with Crippen molar-refractivity contribution in [1.29, 1.82) is 0 Å². The minimum Gasteiger partial charge on any atom is -0.319 e. The monoisotopic (exact) mass is 403 g/mol. The van der Waals surface area contributed by atoms with E-state index >= 15 is 0 Å². The van der Waals surface area contributed by atoms with Gasteiger partial charge >= 0.3 is 0 Å². The van der Waals surface area contributed by atoms with E-state index in [4.69, 9.17) is 16.6 Å². The van der Waals surface area contributed by atoms with Crippen LogP contribution in [0.15, 0.2) is 55.0 Å². The van der Waals surface area contributed by atoms with Gasteiger partial charge in [0.15, 0.2) is 0 Å². The molecule has 5 rings (SSSR count). The largest absolute Gasteiger partial charge is 0.319 e. The Morgan fingerprint density at radius 3 is 2.66 bits per heavy atom. The number of anilines is 1. The molecule has 29 heavy (non-hydrogen) atoms.